The quantitative estimate of drug-likeness (QED) is 0.676. The number of benzene rings is 2. The first-order valence-electron chi connectivity index (χ1n) is 7.93. The predicted octanol–water partition coefficient (Wildman–Crippen LogP) is 5.00. The van der Waals surface area contributed by atoms with E-state index in [2.05, 4.69) is 5.32 Å². The summed E-state index contributed by atoms with van der Waals surface area (Å²) in [5.74, 6) is 1.33. The minimum Gasteiger partial charge on any atom is -0.489 e. The Labute approximate surface area is 151 Å². The molecule has 1 aromatic heterocycles. The first kappa shape index (κ1) is 17.1. The molecule has 0 aliphatic carbocycles. The molecule has 0 radical (unpaired) electrons. The van der Waals surface area contributed by atoms with E-state index in [0.29, 0.717) is 17.2 Å². The zero-order valence-corrected chi connectivity index (χ0v) is 14.5. The second kappa shape index (κ2) is 7.90. The fraction of sp³-hybridized carbons (Fsp3) is 0.150. The van der Waals surface area contributed by atoms with Crippen LogP contribution in [0.5, 0.6) is 5.75 Å². The van der Waals surface area contributed by atoms with E-state index >= 15 is 0 Å². The summed E-state index contributed by atoms with van der Waals surface area (Å²) in [6.45, 7) is 2.30. The Kier molecular flexibility index (Phi) is 5.41. The number of hydrogen-bond donors (Lipinski definition) is 1. The summed E-state index contributed by atoms with van der Waals surface area (Å²) in [7, 11) is 0. The van der Waals surface area contributed by atoms with Crippen molar-refractivity contribution < 1.29 is 13.9 Å². The number of furan rings is 1. The maximum atomic E-state index is 12.3. The van der Waals surface area contributed by atoms with Gasteiger partial charge in [0.05, 0.1) is 12.3 Å². The lowest BCUT2D eigenvalue weighted by molar-refractivity contribution is 0.0935. The van der Waals surface area contributed by atoms with Crippen molar-refractivity contribution in [1.82, 2.24) is 5.32 Å². The summed E-state index contributed by atoms with van der Waals surface area (Å²) in [5.41, 5.74) is 1.57. The summed E-state index contributed by atoms with van der Waals surface area (Å²) in [6, 6.07) is 18.0. The summed E-state index contributed by atoms with van der Waals surface area (Å²) < 4.78 is 11.0. The van der Waals surface area contributed by atoms with Gasteiger partial charge >= 0.3 is 0 Å². The van der Waals surface area contributed by atoms with Gasteiger partial charge < -0.3 is 14.5 Å². The van der Waals surface area contributed by atoms with Crippen LogP contribution in [0.3, 0.4) is 0 Å². The third-order valence-corrected chi connectivity index (χ3v) is 4.00. The van der Waals surface area contributed by atoms with Crippen LogP contribution in [0.1, 0.15) is 34.6 Å². The molecule has 1 heterocycles. The molecule has 0 aliphatic heterocycles. The van der Waals surface area contributed by atoms with Crippen LogP contribution >= 0.6 is 11.6 Å². The Balaban J connectivity index is 1.56. The van der Waals surface area contributed by atoms with Crippen LogP contribution in [0.25, 0.3) is 0 Å². The first-order valence-corrected chi connectivity index (χ1v) is 8.31. The Hall–Kier alpha value is -2.72. The largest absolute Gasteiger partial charge is 0.489 e. The van der Waals surface area contributed by atoms with E-state index in [0.717, 1.165) is 17.1 Å². The van der Waals surface area contributed by atoms with Crippen LogP contribution in [-0.4, -0.2) is 5.91 Å². The van der Waals surface area contributed by atoms with Crippen LogP contribution < -0.4 is 10.1 Å². The van der Waals surface area contributed by atoms with Crippen molar-refractivity contribution in [2.45, 2.75) is 19.6 Å². The molecule has 0 spiro atoms. The minimum absolute atomic E-state index is 0.144. The normalized spacial score (nSPS) is 11.8. The van der Waals surface area contributed by atoms with Crippen LogP contribution in [0.2, 0.25) is 5.02 Å². The number of hydrogen-bond acceptors (Lipinski definition) is 3. The van der Waals surface area contributed by atoms with Gasteiger partial charge in [-0.05, 0) is 61.0 Å². The van der Waals surface area contributed by atoms with E-state index in [9.17, 15) is 4.79 Å². The molecule has 3 aromatic rings. The van der Waals surface area contributed by atoms with Gasteiger partial charge in [0.2, 0.25) is 0 Å². The van der Waals surface area contributed by atoms with Gasteiger partial charge in [0.25, 0.3) is 5.91 Å². The standard InChI is InChI=1S/C20H18ClNO3/c1-14(19-3-2-12-24-19)22-20(23)16-6-4-15(5-7-16)13-25-18-10-8-17(21)9-11-18/h2-12,14H,13H2,1H3,(H,22,23)/t14-/m0/s1. The Morgan fingerprint density at radius 1 is 1.12 bits per heavy atom. The Morgan fingerprint density at radius 3 is 2.48 bits per heavy atom. The van der Waals surface area contributed by atoms with Crippen molar-refractivity contribution in [2.24, 2.45) is 0 Å². The van der Waals surface area contributed by atoms with E-state index in [1.165, 1.54) is 0 Å². The zero-order valence-electron chi connectivity index (χ0n) is 13.7. The number of ether oxygens (including phenoxy) is 1. The molecule has 0 fully saturated rings. The highest BCUT2D eigenvalue weighted by Gasteiger charge is 2.13. The van der Waals surface area contributed by atoms with E-state index < -0.39 is 0 Å². The van der Waals surface area contributed by atoms with Gasteiger partial charge in [0, 0.05) is 10.6 Å². The topological polar surface area (TPSA) is 51.5 Å². The van der Waals surface area contributed by atoms with Gasteiger partial charge in [0.1, 0.15) is 18.1 Å². The average Bonchev–Trinajstić information content (AvgIpc) is 3.16. The average molecular weight is 356 g/mol. The third kappa shape index (κ3) is 4.64. The first-order chi connectivity index (χ1) is 12.1. The van der Waals surface area contributed by atoms with Gasteiger partial charge in [-0.25, -0.2) is 0 Å². The zero-order chi connectivity index (χ0) is 17.6. The van der Waals surface area contributed by atoms with Crippen molar-refractivity contribution in [2.75, 3.05) is 0 Å². The monoisotopic (exact) mass is 355 g/mol. The Bertz CT molecular complexity index is 811. The number of rotatable bonds is 6. The van der Waals surface area contributed by atoms with E-state index in [-0.39, 0.29) is 11.9 Å². The fourth-order valence-corrected chi connectivity index (χ4v) is 2.46. The predicted molar refractivity (Wildman–Crippen MR) is 96.8 cm³/mol. The highest BCUT2D eigenvalue weighted by Crippen LogP contribution is 2.17. The molecule has 0 saturated heterocycles. The SMILES string of the molecule is C[C@H](NC(=O)c1ccc(COc2ccc(Cl)cc2)cc1)c1ccco1. The Morgan fingerprint density at radius 2 is 1.84 bits per heavy atom. The number of carbonyl (C=O) groups is 1. The second-order valence-electron chi connectivity index (χ2n) is 5.65. The van der Waals surface area contributed by atoms with Crippen LogP contribution in [0.15, 0.2) is 71.3 Å². The van der Waals surface area contributed by atoms with Crippen molar-refractivity contribution in [3.05, 3.63) is 88.8 Å². The summed E-state index contributed by atoms with van der Waals surface area (Å²) >= 11 is 5.85. The fourth-order valence-electron chi connectivity index (χ4n) is 2.34. The smallest absolute Gasteiger partial charge is 0.251 e. The highest BCUT2D eigenvalue weighted by atomic mass is 35.5. The third-order valence-electron chi connectivity index (χ3n) is 3.75. The maximum absolute atomic E-state index is 12.3. The molecule has 1 atom stereocenters. The molecular weight excluding hydrogens is 338 g/mol. The molecule has 1 amide bonds. The van der Waals surface area contributed by atoms with Crippen molar-refractivity contribution in [1.29, 1.82) is 0 Å². The molecule has 3 rings (SSSR count). The summed E-state index contributed by atoms with van der Waals surface area (Å²) in [6.07, 6.45) is 1.59. The number of halogens is 1. The molecule has 0 unspecified atom stereocenters. The molecular formula is C20H18ClNO3. The molecule has 5 heteroatoms. The lowest BCUT2D eigenvalue weighted by Gasteiger charge is -2.12. The minimum atomic E-state index is -0.185. The van der Waals surface area contributed by atoms with Crippen molar-refractivity contribution >= 4 is 17.5 Å². The molecule has 0 bridgehead atoms. The molecule has 0 aliphatic rings. The van der Waals surface area contributed by atoms with Crippen LogP contribution in [0.4, 0.5) is 0 Å². The molecule has 128 valence electrons. The highest BCUT2D eigenvalue weighted by molar-refractivity contribution is 6.30. The van der Waals surface area contributed by atoms with Crippen molar-refractivity contribution in [3.8, 4) is 5.75 Å². The summed E-state index contributed by atoms with van der Waals surface area (Å²) in [5, 5.41) is 3.58. The van der Waals surface area contributed by atoms with Gasteiger partial charge in [-0.1, -0.05) is 23.7 Å². The van der Waals surface area contributed by atoms with Crippen LogP contribution in [-0.2, 0) is 6.61 Å². The second-order valence-corrected chi connectivity index (χ2v) is 6.09. The molecule has 1 N–H and O–H groups in total. The van der Waals surface area contributed by atoms with E-state index in [4.69, 9.17) is 20.8 Å². The van der Waals surface area contributed by atoms with Gasteiger partial charge in [-0.2, -0.15) is 0 Å². The number of amides is 1. The maximum Gasteiger partial charge on any atom is 0.251 e. The van der Waals surface area contributed by atoms with Crippen LogP contribution in [0, 0.1) is 0 Å². The lowest BCUT2D eigenvalue weighted by atomic mass is 10.1. The summed E-state index contributed by atoms with van der Waals surface area (Å²) in [4.78, 5) is 12.3. The molecule has 25 heavy (non-hydrogen) atoms. The van der Waals surface area contributed by atoms with E-state index in [1.54, 1.807) is 36.6 Å². The van der Waals surface area contributed by atoms with Crippen molar-refractivity contribution in [3.63, 3.8) is 0 Å². The molecule has 0 saturated carbocycles. The molecule has 4 nitrogen and oxygen atoms in total. The van der Waals surface area contributed by atoms with Gasteiger partial charge in [-0.15, -0.1) is 0 Å². The lowest BCUT2D eigenvalue weighted by Crippen LogP contribution is -2.26. The number of nitrogens with one attached hydrogen (secondary N) is 1. The molecule has 2 aromatic carbocycles. The van der Waals surface area contributed by atoms with Gasteiger partial charge in [-0.3, -0.25) is 4.79 Å². The van der Waals surface area contributed by atoms with E-state index in [1.807, 2.05) is 37.3 Å². The van der Waals surface area contributed by atoms with Gasteiger partial charge in [0.15, 0.2) is 0 Å². The number of carbonyl (C=O) groups excluding carboxylic acids is 1.